The number of ether oxygens (including phenoxy) is 1. The predicted octanol–water partition coefficient (Wildman–Crippen LogP) is 5.48. The third kappa shape index (κ3) is 10.1. The van der Waals surface area contributed by atoms with Crippen molar-refractivity contribution in [3.8, 4) is 0 Å². The first-order chi connectivity index (χ1) is 22.6. The van der Waals surface area contributed by atoms with Crippen LogP contribution in [-0.2, 0) is 27.5 Å². The minimum Gasteiger partial charge on any atom is -0.443 e. The average Bonchev–Trinajstić information content (AvgIpc) is 3.50. The Morgan fingerprint density at radius 2 is 1.79 bits per heavy atom. The van der Waals surface area contributed by atoms with Crippen molar-refractivity contribution in [3.63, 3.8) is 0 Å². The number of rotatable bonds is 15. The van der Waals surface area contributed by atoms with E-state index in [1.165, 1.54) is 11.3 Å². The minimum absolute atomic E-state index is 0.00131. The van der Waals surface area contributed by atoms with E-state index in [4.69, 9.17) is 10.5 Å². The third-order valence-corrected chi connectivity index (χ3v) is 9.59. The molecule has 1 fully saturated rings. The Kier molecular flexibility index (Phi) is 13.3. The van der Waals surface area contributed by atoms with Gasteiger partial charge in [0.25, 0.3) is 0 Å². The van der Waals surface area contributed by atoms with E-state index < -0.39 is 42.0 Å². The van der Waals surface area contributed by atoms with E-state index >= 15 is 0 Å². The van der Waals surface area contributed by atoms with Crippen molar-refractivity contribution < 1.29 is 24.2 Å². The molecule has 3 aromatic rings. The van der Waals surface area contributed by atoms with Crippen molar-refractivity contribution in [2.75, 3.05) is 0 Å². The molecule has 0 spiro atoms. The van der Waals surface area contributed by atoms with Crippen molar-refractivity contribution in [2.24, 2.45) is 29.4 Å². The molecule has 47 heavy (non-hydrogen) atoms. The highest BCUT2D eigenvalue weighted by molar-refractivity contribution is 5.99. The summed E-state index contributed by atoms with van der Waals surface area (Å²) in [6, 6.07) is 11.4. The molecule has 11 heteroatoms. The SMILES string of the molecule is CCC(C)[C@H](N)C(=O)N(Cc1nc2ccccc2[nH]1)C(=O)[C@@H](C[C@H](O)[C@H](CC1CCCCC1)NC(=O)OCc1ccccn1)C(C)C. The summed E-state index contributed by atoms with van der Waals surface area (Å²) in [6.45, 7) is 7.58. The zero-order valence-corrected chi connectivity index (χ0v) is 28.2. The minimum atomic E-state index is -1.05. The van der Waals surface area contributed by atoms with Gasteiger partial charge in [-0.3, -0.25) is 19.5 Å². The number of nitrogens with two attached hydrogens (primary N) is 1. The van der Waals surface area contributed by atoms with Crippen molar-refractivity contribution in [1.29, 1.82) is 0 Å². The molecule has 5 N–H and O–H groups in total. The zero-order valence-electron chi connectivity index (χ0n) is 28.2. The fraction of sp³-hybridized carbons (Fsp3) is 0.583. The lowest BCUT2D eigenvalue weighted by Gasteiger charge is -2.34. The van der Waals surface area contributed by atoms with E-state index in [1.807, 2.05) is 58.0 Å². The largest absolute Gasteiger partial charge is 0.443 e. The van der Waals surface area contributed by atoms with E-state index in [1.54, 1.807) is 18.3 Å². The van der Waals surface area contributed by atoms with Crippen molar-refractivity contribution >= 4 is 28.9 Å². The Bertz CT molecular complexity index is 1410. The lowest BCUT2D eigenvalue weighted by atomic mass is 9.81. The fourth-order valence-electron chi connectivity index (χ4n) is 6.36. The van der Waals surface area contributed by atoms with Crippen LogP contribution in [0, 0.1) is 23.7 Å². The highest BCUT2D eigenvalue weighted by Gasteiger charge is 2.38. The summed E-state index contributed by atoms with van der Waals surface area (Å²) in [4.78, 5) is 54.4. The first-order valence-corrected chi connectivity index (χ1v) is 17.1. The van der Waals surface area contributed by atoms with Gasteiger partial charge in [-0.15, -0.1) is 0 Å². The molecular formula is C36H52N6O5. The lowest BCUT2D eigenvalue weighted by molar-refractivity contribution is -0.151. The number of aliphatic hydroxyl groups is 1. The first kappa shape index (κ1) is 36.0. The second-order valence-electron chi connectivity index (χ2n) is 13.4. The highest BCUT2D eigenvalue weighted by Crippen LogP contribution is 2.30. The van der Waals surface area contributed by atoms with Crippen LogP contribution in [0.15, 0.2) is 48.7 Å². The number of carbonyl (C=O) groups excluding carboxylic acids is 3. The van der Waals surface area contributed by atoms with Gasteiger partial charge in [0.1, 0.15) is 12.4 Å². The van der Waals surface area contributed by atoms with Crippen LogP contribution in [-0.4, -0.2) is 61.1 Å². The number of alkyl carbamates (subject to hydrolysis) is 1. The molecule has 1 aromatic carbocycles. The monoisotopic (exact) mass is 648 g/mol. The Morgan fingerprint density at radius 1 is 1.06 bits per heavy atom. The molecule has 0 aliphatic heterocycles. The van der Waals surface area contributed by atoms with Crippen molar-refractivity contribution in [2.45, 2.75) is 110 Å². The Labute approximate surface area is 278 Å². The summed E-state index contributed by atoms with van der Waals surface area (Å²) < 4.78 is 5.45. The van der Waals surface area contributed by atoms with Crippen LogP contribution in [0.4, 0.5) is 4.79 Å². The maximum atomic E-state index is 14.4. The quantitative estimate of drug-likeness (QED) is 0.168. The highest BCUT2D eigenvalue weighted by atomic mass is 16.5. The van der Waals surface area contributed by atoms with Gasteiger partial charge in [0.2, 0.25) is 11.8 Å². The van der Waals surface area contributed by atoms with E-state index in [2.05, 4.69) is 20.3 Å². The van der Waals surface area contributed by atoms with Crippen LogP contribution in [0.2, 0.25) is 0 Å². The number of H-pyrrole nitrogens is 1. The Balaban J connectivity index is 1.54. The van der Waals surface area contributed by atoms with E-state index in [0.717, 1.165) is 36.7 Å². The second-order valence-corrected chi connectivity index (χ2v) is 13.4. The Morgan fingerprint density at radius 3 is 2.45 bits per heavy atom. The standard InChI is InChI=1S/C36H52N6O5/c1-5-24(4)33(37)35(45)42(21-32-39-28-16-9-10-17-29(28)40-32)34(44)27(23(2)3)20-31(43)30(19-25-13-7-6-8-14-25)41-36(46)47-22-26-15-11-12-18-38-26/h9-12,15-18,23-25,27,30-31,33,43H,5-8,13-14,19-22,37H2,1-4H3,(H,39,40)(H,41,46)/t24?,27-,30-,31-,33-/m0/s1. The van der Waals surface area contributed by atoms with Gasteiger partial charge < -0.3 is 25.9 Å². The van der Waals surface area contributed by atoms with Gasteiger partial charge in [-0.1, -0.05) is 84.4 Å². The molecule has 5 atom stereocenters. The maximum absolute atomic E-state index is 14.4. The molecule has 0 saturated heterocycles. The van der Waals surface area contributed by atoms with E-state index in [9.17, 15) is 19.5 Å². The average molecular weight is 649 g/mol. The molecule has 1 aliphatic rings. The molecular weight excluding hydrogens is 596 g/mol. The fourth-order valence-corrected chi connectivity index (χ4v) is 6.36. The number of benzene rings is 1. The van der Waals surface area contributed by atoms with Crippen LogP contribution in [0.5, 0.6) is 0 Å². The molecule has 256 valence electrons. The summed E-state index contributed by atoms with van der Waals surface area (Å²) in [6.07, 6.45) is 6.68. The number of aliphatic hydroxyl groups excluding tert-OH is 1. The van der Waals surface area contributed by atoms with Gasteiger partial charge in [-0.2, -0.15) is 0 Å². The number of hydrogen-bond donors (Lipinski definition) is 4. The number of aromatic nitrogens is 3. The van der Waals surface area contributed by atoms with Crippen LogP contribution in [0.1, 0.15) is 90.6 Å². The molecule has 0 radical (unpaired) electrons. The summed E-state index contributed by atoms with van der Waals surface area (Å²) >= 11 is 0. The lowest BCUT2D eigenvalue weighted by Crippen LogP contribution is -2.52. The summed E-state index contributed by atoms with van der Waals surface area (Å²) in [5.74, 6) is -1.15. The number of nitrogens with zero attached hydrogens (tertiary/aromatic N) is 3. The Hall–Kier alpha value is -3.83. The number of imidazole rings is 1. The van der Waals surface area contributed by atoms with E-state index in [-0.39, 0.29) is 31.4 Å². The van der Waals surface area contributed by atoms with Crippen LogP contribution in [0.25, 0.3) is 11.0 Å². The van der Waals surface area contributed by atoms with Gasteiger partial charge >= 0.3 is 6.09 Å². The number of aromatic amines is 1. The van der Waals surface area contributed by atoms with Crippen molar-refractivity contribution in [1.82, 2.24) is 25.2 Å². The number of imide groups is 1. The first-order valence-electron chi connectivity index (χ1n) is 17.1. The molecule has 3 amide bonds. The molecule has 1 saturated carbocycles. The van der Waals surface area contributed by atoms with Gasteiger partial charge in [-0.05, 0) is 54.9 Å². The van der Waals surface area contributed by atoms with Crippen molar-refractivity contribution in [3.05, 3.63) is 60.2 Å². The van der Waals surface area contributed by atoms with Crippen LogP contribution < -0.4 is 11.1 Å². The zero-order chi connectivity index (χ0) is 33.9. The van der Waals surface area contributed by atoms with Crippen LogP contribution in [0.3, 0.4) is 0 Å². The molecule has 2 aromatic heterocycles. The molecule has 1 aliphatic carbocycles. The summed E-state index contributed by atoms with van der Waals surface area (Å²) in [5, 5.41) is 14.6. The number of para-hydroxylation sites is 2. The second kappa shape index (κ2) is 17.4. The number of nitrogens with one attached hydrogen (secondary N) is 2. The van der Waals surface area contributed by atoms with Gasteiger partial charge in [-0.25, -0.2) is 9.78 Å². The third-order valence-electron chi connectivity index (χ3n) is 9.59. The number of hydrogen-bond acceptors (Lipinski definition) is 8. The molecule has 4 rings (SSSR count). The van der Waals surface area contributed by atoms with Gasteiger partial charge in [0.15, 0.2) is 0 Å². The number of carbonyl (C=O) groups is 3. The molecule has 11 nitrogen and oxygen atoms in total. The molecule has 0 bridgehead atoms. The smallest absolute Gasteiger partial charge is 0.407 e. The number of pyridine rings is 1. The molecule has 1 unspecified atom stereocenters. The maximum Gasteiger partial charge on any atom is 0.407 e. The van der Waals surface area contributed by atoms with E-state index in [0.29, 0.717) is 30.3 Å². The number of fused-ring (bicyclic) bond motifs is 1. The summed E-state index contributed by atoms with van der Waals surface area (Å²) in [7, 11) is 0. The number of amides is 3. The predicted molar refractivity (Wildman–Crippen MR) is 181 cm³/mol. The van der Waals surface area contributed by atoms with Gasteiger partial charge in [0.05, 0.1) is 41.5 Å². The topological polar surface area (TPSA) is 164 Å². The van der Waals surface area contributed by atoms with Gasteiger partial charge in [0, 0.05) is 12.1 Å². The normalized spacial score (nSPS) is 17.1. The molecule has 2 heterocycles. The summed E-state index contributed by atoms with van der Waals surface area (Å²) in [5.41, 5.74) is 8.55. The van der Waals surface area contributed by atoms with Crippen LogP contribution >= 0.6 is 0 Å².